The molecule has 0 heterocycles. The second-order valence-corrected chi connectivity index (χ2v) is 11.6. The standard InChI is InChI=1S/C43H34N2O6/c1-29-20-21-42(50-40-18-6-16-38(27-40)48-36-14-4-12-34(25-36)46-32-10-2-8-30(44)23-32)43(22-29)51-41-19-7-17-39(28-41)49-37-15-5-13-35(26-37)47-33-11-3-9-31(45)24-33/h2-28H,44-45H2,1H3. The Bertz CT molecular complexity index is 2290. The Kier molecular flexibility index (Phi) is 9.56. The minimum atomic E-state index is 0.535. The van der Waals surface area contributed by atoms with Crippen molar-refractivity contribution < 1.29 is 28.4 Å². The van der Waals surface area contributed by atoms with Crippen molar-refractivity contribution in [3.05, 3.63) is 169 Å². The molecule has 0 bridgehead atoms. The topological polar surface area (TPSA) is 107 Å². The Hall–Kier alpha value is -7.06. The highest BCUT2D eigenvalue weighted by Crippen LogP contribution is 2.39. The third kappa shape index (κ3) is 8.90. The molecule has 0 saturated carbocycles. The molecule has 51 heavy (non-hydrogen) atoms. The summed E-state index contributed by atoms with van der Waals surface area (Å²) in [7, 11) is 0. The zero-order chi connectivity index (χ0) is 35.0. The number of rotatable bonds is 12. The Morgan fingerprint density at radius 3 is 0.941 bits per heavy atom. The first-order valence-corrected chi connectivity index (χ1v) is 16.2. The molecule has 8 heteroatoms. The Balaban J connectivity index is 1.03. The fraction of sp³-hybridized carbons (Fsp3) is 0.0233. The van der Waals surface area contributed by atoms with Crippen LogP contribution in [-0.4, -0.2) is 0 Å². The molecule has 0 unspecified atom stereocenters. The monoisotopic (exact) mass is 674 g/mol. The summed E-state index contributed by atoms with van der Waals surface area (Å²) in [6, 6.07) is 49.9. The van der Waals surface area contributed by atoms with E-state index in [4.69, 9.17) is 39.9 Å². The van der Waals surface area contributed by atoms with Gasteiger partial charge in [-0.15, -0.1) is 0 Å². The molecular weight excluding hydrogens is 640 g/mol. The number of nitrogens with two attached hydrogens (primary N) is 2. The van der Waals surface area contributed by atoms with Gasteiger partial charge >= 0.3 is 0 Å². The van der Waals surface area contributed by atoms with E-state index < -0.39 is 0 Å². The molecule has 7 aromatic carbocycles. The summed E-state index contributed by atoms with van der Waals surface area (Å²) < 4.78 is 36.9. The zero-order valence-electron chi connectivity index (χ0n) is 27.7. The summed E-state index contributed by atoms with van der Waals surface area (Å²) in [6.07, 6.45) is 0. The molecule has 0 radical (unpaired) electrons. The number of benzene rings is 7. The molecule has 0 fully saturated rings. The van der Waals surface area contributed by atoms with Gasteiger partial charge in [0.25, 0.3) is 0 Å². The van der Waals surface area contributed by atoms with Gasteiger partial charge < -0.3 is 39.9 Å². The highest BCUT2D eigenvalue weighted by atomic mass is 16.5. The van der Waals surface area contributed by atoms with E-state index in [1.165, 1.54) is 0 Å². The number of hydrogen-bond donors (Lipinski definition) is 2. The molecule has 0 amide bonds. The quantitative estimate of drug-likeness (QED) is 0.123. The lowest BCUT2D eigenvalue weighted by Gasteiger charge is -2.15. The smallest absolute Gasteiger partial charge is 0.170 e. The van der Waals surface area contributed by atoms with Gasteiger partial charge in [0.05, 0.1) is 0 Å². The molecule has 0 spiro atoms. The second-order valence-electron chi connectivity index (χ2n) is 11.6. The van der Waals surface area contributed by atoms with E-state index >= 15 is 0 Å². The van der Waals surface area contributed by atoms with Crippen LogP contribution in [0.3, 0.4) is 0 Å². The molecule has 252 valence electrons. The third-order valence-electron chi connectivity index (χ3n) is 7.44. The zero-order valence-corrected chi connectivity index (χ0v) is 27.7. The van der Waals surface area contributed by atoms with Gasteiger partial charge in [-0.25, -0.2) is 0 Å². The number of aryl methyl sites for hydroxylation is 1. The predicted octanol–water partition coefficient (Wildman–Crippen LogP) is 11.9. The fourth-order valence-corrected chi connectivity index (χ4v) is 5.14. The Labute approximate surface area is 295 Å². The molecular formula is C43H34N2O6. The van der Waals surface area contributed by atoms with Crippen LogP contribution in [0.4, 0.5) is 11.4 Å². The van der Waals surface area contributed by atoms with E-state index in [1.54, 1.807) is 12.1 Å². The van der Waals surface area contributed by atoms with E-state index in [0.29, 0.717) is 80.4 Å². The molecule has 8 nitrogen and oxygen atoms in total. The minimum Gasteiger partial charge on any atom is -0.457 e. The summed E-state index contributed by atoms with van der Waals surface area (Å²) in [5.41, 5.74) is 14.0. The Morgan fingerprint density at radius 1 is 0.294 bits per heavy atom. The van der Waals surface area contributed by atoms with Gasteiger partial charge in [0, 0.05) is 47.8 Å². The third-order valence-corrected chi connectivity index (χ3v) is 7.44. The first kappa shape index (κ1) is 32.5. The van der Waals surface area contributed by atoms with Crippen LogP contribution in [0.5, 0.6) is 69.0 Å². The second kappa shape index (κ2) is 15.0. The van der Waals surface area contributed by atoms with E-state index in [-0.39, 0.29) is 0 Å². The minimum absolute atomic E-state index is 0.535. The van der Waals surface area contributed by atoms with Gasteiger partial charge in [-0.2, -0.15) is 0 Å². The van der Waals surface area contributed by atoms with Crippen molar-refractivity contribution in [2.24, 2.45) is 0 Å². The summed E-state index contributed by atoms with van der Waals surface area (Å²) in [5.74, 6) is 7.16. The summed E-state index contributed by atoms with van der Waals surface area (Å²) in [4.78, 5) is 0. The predicted molar refractivity (Wildman–Crippen MR) is 199 cm³/mol. The number of nitrogen functional groups attached to an aromatic ring is 2. The highest BCUT2D eigenvalue weighted by molar-refractivity contribution is 5.51. The lowest BCUT2D eigenvalue weighted by molar-refractivity contribution is 0.411. The van der Waals surface area contributed by atoms with Crippen molar-refractivity contribution in [3.8, 4) is 69.0 Å². The van der Waals surface area contributed by atoms with E-state index in [9.17, 15) is 0 Å². The fourth-order valence-electron chi connectivity index (χ4n) is 5.14. The molecule has 7 rings (SSSR count). The van der Waals surface area contributed by atoms with Crippen LogP contribution in [0.2, 0.25) is 0 Å². The first-order valence-electron chi connectivity index (χ1n) is 16.2. The van der Waals surface area contributed by atoms with Gasteiger partial charge in [-0.05, 0) is 97.4 Å². The molecule has 0 aromatic heterocycles. The summed E-state index contributed by atoms with van der Waals surface area (Å²) in [5, 5.41) is 0. The average molecular weight is 675 g/mol. The first-order chi connectivity index (χ1) is 24.9. The van der Waals surface area contributed by atoms with Crippen molar-refractivity contribution in [2.75, 3.05) is 11.5 Å². The van der Waals surface area contributed by atoms with Crippen molar-refractivity contribution in [3.63, 3.8) is 0 Å². The van der Waals surface area contributed by atoms with Crippen LogP contribution in [0.25, 0.3) is 0 Å². The van der Waals surface area contributed by atoms with Crippen LogP contribution in [0.1, 0.15) is 5.56 Å². The number of ether oxygens (including phenoxy) is 6. The van der Waals surface area contributed by atoms with E-state index in [2.05, 4.69) is 0 Å². The number of hydrogen-bond acceptors (Lipinski definition) is 8. The maximum Gasteiger partial charge on any atom is 0.170 e. The van der Waals surface area contributed by atoms with Gasteiger partial charge in [0.2, 0.25) is 0 Å². The van der Waals surface area contributed by atoms with Crippen LogP contribution >= 0.6 is 0 Å². The maximum atomic E-state index is 6.36. The highest BCUT2D eigenvalue weighted by Gasteiger charge is 2.12. The molecule has 4 N–H and O–H groups in total. The van der Waals surface area contributed by atoms with Crippen molar-refractivity contribution in [1.82, 2.24) is 0 Å². The molecule has 7 aromatic rings. The average Bonchev–Trinajstić information content (AvgIpc) is 3.10. The molecule has 0 aliphatic heterocycles. The maximum absolute atomic E-state index is 6.36. The van der Waals surface area contributed by atoms with Crippen LogP contribution in [-0.2, 0) is 0 Å². The molecule has 0 aliphatic carbocycles. The van der Waals surface area contributed by atoms with Crippen molar-refractivity contribution >= 4 is 11.4 Å². The van der Waals surface area contributed by atoms with Gasteiger partial charge in [-0.3, -0.25) is 0 Å². The number of anilines is 2. The van der Waals surface area contributed by atoms with Crippen LogP contribution in [0, 0.1) is 6.92 Å². The van der Waals surface area contributed by atoms with Gasteiger partial charge in [0.15, 0.2) is 11.5 Å². The van der Waals surface area contributed by atoms with Crippen LogP contribution < -0.4 is 39.9 Å². The van der Waals surface area contributed by atoms with Crippen molar-refractivity contribution in [2.45, 2.75) is 6.92 Å². The van der Waals surface area contributed by atoms with E-state index in [1.807, 2.05) is 159 Å². The largest absolute Gasteiger partial charge is 0.457 e. The van der Waals surface area contributed by atoms with Crippen molar-refractivity contribution in [1.29, 1.82) is 0 Å². The van der Waals surface area contributed by atoms with Crippen LogP contribution in [0.15, 0.2) is 164 Å². The summed E-state index contributed by atoms with van der Waals surface area (Å²) in [6.45, 7) is 1.99. The molecule has 0 saturated heterocycles. The SMILES string of the molecule is Cc1ccc(Oc2cccc(Oc3cccc(Oc4cccc(N)c4)c3)c2)c(Oc2cccc(Oc3cccc(Oc4cccc(N)c4)c3)c2)c1. The van der Waals surface area contributed by atoms with Gasteiger partial charge in [0.1, 0.15) is 57.5 Å². The lowest BCUT2D eigenvalue weighted by atomic mass is 10.2. The molecule has 0 atom stereocenters. The summed E-state index contributed by atoms with van der Waals surface area (Å²) >= 11 is 0. The Morgan fingerprint density at radius 2 is 0.588 bits per heavy atom. The molecule has 0 aliphatic rings. The normalized spacial score (nSPS) is 10.6. The lowest BCUT2D eigenvalue weighted by Crippen LogP contribution is -1.93. The van der Waals surface area contributed by atoms with E-state index in [0.717, 1.165) is 5.56 Å². The van der Waals surface area contributed by atoms with Gasteiger partial charge in [-0.1, -0.05) is 42.5 Å².